The zero-order chi connectivity index (χ0) is 11.2. The van der Waals surface area contributed by atoms with Crippen LogP contribution in [0.25, 0.3) is 0 Å². The van der Waals surface area contributed by atoms with E-state index in [1.807, 2.05) is 0 Å². The number of fused-ring (bicyclic) bond motifs is 3. The Kier molecular flexibility index (Phi) is 5.07. The summed E-state index contributed by atoms with van der Waals surface area (Å²) in [7, 11) is 4.36. The molecule has 1 heterocycles. The molecular weight excluding hydrogens is 267 g/mol. The first kappa shape index (κ1) is 15.8. The molecule has 1 saturated heterocycles. The van der Waals surface area contributed by atoms with Crippen molar-refractivity contribution in [1.29, 1.82) is 0 Å². The summed E-state index contributed by atoms with van der Waals surface area (Å²) < 4.78 is 0. The van der Waals surface area contributed by atoms with Crippen LogP contribution in [0.5, 0.6) is 0 Å². The van der Waals surface area contributed by atoms with Crippen molar-refractivity contribution in [2.45, 2.75) is 18.4 Å². The van der Waals surface area contributed by atoms with Gasteiger partial charge in [-0.1, -0.05) is 24.3 Å². The average molecular weight is 289 g/mol. The first-order valence-corrected chi connectivity index (χ1v) is 6.22. The minimum absolute atomic E-state index is 0. The third-order valence-corrected chi connectivity index (χ3v) is 4.53. The maximum atomic E-state index is 3.63. The van der Waals surface area contributed by atoms with E-state index >= 15 is 0 Å². The lowest BCUT2D eigenvalue weighted by Gasteiger charge is -2.43. The monoisotopic (exact) mass is 288 g/mol. The summed E-state index contributed by atoms with van der Waals surface area (Å²) in [6.07, 6.45) is 2.48. The Bertz CT molecular complexity index is 411. The molecular formula is C14H22Cl2N2. The third-order valence-electron chi connectivity index (χ3n) is 4.53. The predicted molar refractivity (Wildman–Crippen MR) is 81.0 cm³/mol. The Morgan fingerprint density at radius 2 is 2.00 bits per heavy atom. The van der Waals surface area contributed by atoms with Crippen molar-refractivity contribution in [1.82, 2.24) is 10.2 Å². The van der Waals surface area contributed by atoms with Gasteiger partial charge in [0.2, 0.25) is 0 Å². The predicted octanol–water partition coefficient (Wildman–Crippen LogP) is 2.45. The molecule has 0 unspecified atom stereocenters. The van der Waals surface area contributed by atoms with Crippen LogP contribution in [0, 0.1) is 5.92 Å². The number of nitrogens with zero attached hydrogens (tertiary/aromatic N) is 1. The van der Waals surface area contributed by atoms with Crippen LogP contribution in [0.4, 0.5) is 0 Å². The van der Waals surface area contributed by atoms with Gasteiger partial charge in [-0.3, -0.25) is 0 Å². The number of rotatable bonds is 1. The van der Waals surface area contributed by atoms with Crippen LogP contribution < -0.4 is 5.32 Å². The van der Waals surface area contributed by atoms with Crippen molar-refractivity contribution < 1.29 is 0 Å². The van der Waals surface area contributed by atoms with Crippen LogP contribution in [-0.2, 0) is 12.0 Å². The van der Waals surface area contributed by atoms with E-state index in [1.54, 1.807) is 11.1 Å². The van der Waals surface area contributed by atoms with Crippen LogP contribution in [0.2, 0.25) is 0 Å². The fourth-order valence-corrected chi connectivity index (χ4v) is 3.65. The van der Waals surface area contributed by atoms with E-state index in [-0.39, 0.29) is 30.4 Å². The Labute approximate surface area is 122 Å². The van der Waals surface area contributed by atoms with Crippen LogP contribution in [0.15, 0.2) is 24.3 Å². The Morgan fingerprint density at radius 1 is 1.28 bits per heavy atom. The van der Waals surface area contributed by atoms with Crippen LogP contribution in [0.3, 0.4) is 0 Å². The second-order valence-electron chi connectivity index (χ2n) is 5.29. The van der Waals surface area contributed by atoms with Gasteiger partial charge in [0.25, 0.3) is 0 Å². The largest absolute Gasteiger partial charge is 0.310 e. The summed E-state index contributed by atoms with van der Waals surface area (Å²) in [4.78, 5) is 2.46. The number of hydrogen-bond acceptors (Lipinski definition) is 2. The molecule has 3 rings (SSSR count). The van der Waals surface area contributed by atoms with Gasteiger partial charge in [0, 0.05) is 12.1 Å². The molecule has 1 N–H and O–H groups in total. The number of hydrogen-bond donors (Lipinski definition) is 1. The Morgan fingerprint density at radius 3 is 2.72 bits per heavy atom. The molecule has 1 aromatic carbocycles. The molecule has 1 aliphatic carbocycles. The highest BCUT2D eigenvalue weighted by atomic mass is 35.5. The first-order valence-electron chi connectivity index (χ1n) is 6.22. The maximum Gasteiger partial charge on any atom is 0.0491 e. The number of piperidine rings is 1. The molecule has 102 valence electrons. The molecule has 0 spiro atoms. The number of likely N-dealkylation sites (tertiary alicyclic amines) is 1. The van der Waals surface area contributed by atoms with Gasteiger partial charge < -0.3 is 10.2 Å². The van der Waals surface area contributed by atoms with Gasteiger partial charge in [-0.25, -0.2) is 0 Å². The van der Waals surface area contributed by atoms with Crippen molar-refractivity contribution >= 4 is 24.8 Å². The average Bonchev–Trinajstić information content (AvgIpc) is 2.63. The minimum atomic E-state index is 0. The highest BCUT2D eigenvalue weighted by molar-refractivity contribution is 5.85. The maximum absolute atomic E-state index is 3.63. The zero-order valence-electron chi connectivity index (χ0n) is 11.0. The van der Waals surface area contributed by atoms with Crippen LogP contribution in [0.1, 0.15) is 17.5 Å². The van der Waals surface area contributed by atoms with Crippen molar-refractivity contribution in [3.8, 4) is 0 Å². The molecule has 0 amide bonds. The normalized spacial score (nSPS) is 29.8. The SMILES string of the molecule is CN[C@@]12CCN(C)C[C@@H]1Cc1ccccc12.Cl.Cl. The van der Waals surface area contributed by atoms with Gasteiger partial charge in [-0.2, -0.15) is 0 Å². The summed E-state index contributed by atoms with van der Waals surface area (Å²) in [6.45, 7) is 2.42. The van der Waals surface area contributed by atoms with Gasteiger partial charge in [0.05, 0.1) is 0 Å². The fraction of sp³-hybridized carbons (Fsp3) is 0.571. The van der Waals surface area contributed by atoms with Crippen molar-refractivity contribution in [3.05, 3.63) is 35.4 Å². The van der Waals surface area contributed by atoms with Crippen LogP contribution in [-0.4, -0.2) is 32.1 Å². The Hall–Kier alpha value is -0.280. The molecule has 0 saturated carbocycles. The Balaban J connectivity index is 0.000000810. The van der Waals surface area contributed by atoms with Crippen molar-refractivity contribution in [3.63, 3.8) is 0 Å². The number of nitrogens with one attached hydrogen (secondary N) is 1. The molecule has 0 aromatic heterocycles. The molecule has 1 aromatic rings. The molecule has 0 radical (unpaired) electrons. The van der Waals surface area contributed by atoms with Gasteiger partial charge in [-0.05, 0) is 50.5 Å². The first-order chi connectivity index (χ1) is 7.76. The summed E-state index contributed by atoms with van der Waals surface area (Å²) in [5.74, 6) is 0.744. The number of halogens is 2. The zero-order valence-corrected chi connectivity index (χ0v) is 12.6. The lowest BCUT2D eigenvalue weighted by Crippen LogP contribution is -2.53. The van der Waals surface area contributed by atoms with E-state index in [9.17, 15) is 0 Å². The summed E-state index contributed by atoms with van der Waals surface area (Å²) in [6, 6.07) is 8.96. The minimum Gasteiger partial charge on any atom is -0.310 e. The topological polar surface area (TPSA) is 15.3 Å². The molecule has 0 bridgehead atoms. The van der Waals surface area contributed by atoms with Gasteiger partial charge in [0.15, 0.2) is 0 Å². The van der Waals surface area contributed by atoms with E-state index in [0.29, 0.717) is 0 Å². The lowest BCUT2D eigenvalue weighted by atomic mass is 9.78. The van der Waals surface area contributed by atoms with E-state index in [1.165, 1.54) is 25.9 Å². The molecule has 2 aliphatic rings. The van der Waals surface area contributed by atoms with E-state index in [4.69, 9.17) is 0 Å². The van der Waals surface area contributed by atoms with Crippen molar-refractivity contribution in [2.24, 2.45) is 5.92 Å². The van der Waals surface area contributed by atoms with Gasteiger partial charge in [-0.15, -0.1) is 24.8 Å². The molecule has 1 fully saturated rings. The van der Waals surface area contributed by atoms with E-state index in [2.05, 4.69) is 48.6 Å². The van der Waals surface area contributed by atoms with E-state index < -0.39 is 0 Å². The third kappa shape index (κ3) is 2.16. The second-order valence-corrected chi connectivity index (χ2v) is 5.29. The lowest BCUT2D eigenvalue weighted by molar-refractivity contribution is 0.103. The molecule has 2 atom stereocenters. The van der Waals surface area contributed by atoms with Gasteiger partial charge >= 0.3 is 0 Å². The second kappa shape index (κ2) is 5.79. The molecule has 18 heavy (non-hydrogen) atoms. The standard InChI is InChI=1S/C14H20N2.2ClH/c1-15-14-7-8-16(2)10-12(14)9-11-5-3-4-6-13(11)14;;/h3-6,12,15H,7-10H2,1-2H3;2*1H/t12-,14-;;/m0../s1. The van der Waals surface area contributed by atoms with Crippen LogP contribution >= 0.6 is 24.8 Å². The quantitative estimate of drug-likeness (QED) is 0.854. The fourth-order valence-electron chi connectivity index (χ4n) is 3.65. The highest BCUT2D eigenvalue weighted by Gasteiger charge is 2.47. The number of benzene rings is 1. The summed E-state index contributed by atoms with van der Waals surface area (Å²) >= 11 is 0. The summed E-state index contributed by atoms with van der Waals surface area (Å²) in [5, 5.41) is 3.63. The molecule has 2 nitrogen and oxygen atoms in total. The van der Waals surface area contributed by atoms with Crippen molar-refractivity contribution in [2.75, 3.05) is 27.2 Å². The van der Waals surface area contributed by atoms with Gasteiger partial charge in [0.1, 0.15) is 0 Å². The highest BCUT2D eigenvalue weighted by Crippen LogP contribution is 2.45. The van der Waals surface area contributed by atoms with E-state index in [0.717, 1.165) is 5.92 Å². The molecule has 4 heteroatoms. The molecule has 1 aliphatic heterocycles. The summed E-state index contributed by atoms with van der Waals surface area (Å²) in [5.41, 5.74) is 3.36. The smallest absolute Gasteiger partial charge is 0.0491 e.